The Morgan fingerprint density at radius 3 is 2.36 bits per heavy atom. The lowest BCUT2D eigenvalue weighted by Gasteiger charge is -2.39. The molecule has 55 heavy (non-hydrogen) atoms. The Balaban J connectivity index is 1.19. The maximum Gasteiger partial charge on any atom is 0.220 e. The van der Waals surface area contributed by atoms with Crippen LogP contribution in [0.1, 0.15) is 84.2 Å². The van der Waals surface area contributed by atoms with Crippen LogP contribution in [0.3, 0.4) is 0 Å². The Hall–Kier alpha value is -4.47. The van der Waals surface area contributed by atoms with E-state index in [4.69, 9.17) is 24.2 Å². The summed E-state index contributed by atoms with van der Waals surface area (Å²) in [6, 6.07) is 6.36. The molecule has 0 saturated carbocycles. The molecule has 1 saturated heterocycles. The fourth-order valence-corrected chi connectivity index (χ4v) is 7.46. The number of nitrogens with one attached hydrogen (secondary N) is 3. The summed E-state index contributed by atoms with van der Waals surface area (Å²) in [6.45, 7) is 16.8. The van der Waals surface area contributed by atoms with E-state index in [1.807, 2.05) is 13.0 Å². The summed E-state index contributed by atoms with van der Waals surface area (Å²) >= 11 is 0. The third-order valence-corrected chi connectivity index (χ3v) is 10.8. The Morgan fingerprint density at radius 2 is 1.64 bits per heavy atom. The topological polar surface area (TPSA) is 195 Å². The van der Waals surface area contributed by atoms with Gasteiger partial charge in [0.25, 0.3) is 0 Å². The van der Waals surface area contributed by atoms with Crippen molar-refractivity contribution in [1.29, 1.82) is 0 Å². The highest BCUT2D eigenvalue weighted by molar-refractivity contribution is 5.96. The second-order valence-electron chi connectivity index (χ2n) is 14.4. The molecule has 8 bridgehead atoms. The first-order valence-corrected chi connectivity index (χ1v) is 18.9. The van der Waals surface area contributed by atoms with Crippen LogP contribution in [0.2, 0.25) is 0 Å². The molecule has 13 heteroatoms. The minimum absolute atomic E-state index is 0.0257. The lowest BCUT2D eigenvalue weighted by molar-refractivity contribution is -0.302. The number of aromatic nitrogens is 4. The molecule has 3 aromatic rings. The minimum atomic E-state index is -1.51. The highest BCUT2D eigenvalue weighted by atomic mass is 16.7. The molecule has 6 rings (SSSR count). The standard InChI is InChI=1S/C42H53N5O8/c1-8-26-23(5)32-19-35-27(9-2)22(4)31(45-35)18-33-24(6)28(38(47-33)25(7)30-16-21(3)29(44-30)17-34(26)46-32)10-11-37(49)43-12-13-53-14-15-54-42-41(52)40(51)39(50)36(20-48)55-42/h9,16-19,36,39-42,45-46,48,50-52H,2,8,10-15,20H2,1,3-7H3,(H,43,49)/t36-,39-,40+,41-,42-/m1/s1. The molecule has 0 radical (unpaired) electrons. The number of aliphatic hydroxyl groups is 4. The van der Waals surface area contributed by atoms with Gasteiger partial charge in [0, 0.05) is 46.2 Å². The Bertz CT molecular complexity index is 2180. The van der Waals surface area contributed by atoms with E-state index in [0.29, 0.717) is 6.42 Å². The number of allylic oxidation sites excluding steroid dienone is 3. The van der Waals surface area contributed by atoms with Crippen molar-refractivity contribution in [3.8, 4) is 0 Å². The van der Waals surface area contributed by atoms with E-state index in [2.05, 4.69) is 80.8 Å². The number of hydrogen-bond acceptors (Lipinski definition) is 10. The van der Waals surface area contributed by atoms with E-state index in [1.165, 1.54) is 11.1 Å². The summed E-state index contributed by atoms with van der Waals surface area (Å²) in [5, 5.41) is 42.2. The van der Waals surface area contributed by atoms with Gasteiger partial charge in [-0.15, -0.1) is 0 Å². The lowest BCUT2D eigenvalue weighted by atomic mass is 9.98. The number of ether oxygens (including phenoxy) is 3. The first-order valence-electron chi connectivity index (χ1n) is 18.9. The fraction of sp³-hybridized carbons (Fsp3) is 0.452. The predicted octanol–water partition coefficient (Wildman–Crippen LogP) is 4.67. The number of carbonyl (C=O) groups excluding carboxylic acids is 1. The van der Waals surface area contributed by atoms with Crippen LogP contribution in [0.5, 0.6) is 0 Å². The van der Waals surface area contributed by atoms with Crippen LogP contribution in [-0.2, 0) is 25.4 Å². The number of aromatic amines is 2. The summed E-state index contributed by atoms with van der Waals surface area (Å²) in [6.07, 6.45) is -1.13. The van der Waals surface area contributed by atoms with Crippen molar-refractivity contribution in [2.24, 2.45) is 0 Å². The van der Waals surface area contributed by atoms with E-state index in [9.17, 15) is 25.2 Å². The van der Waals surface area contributed by atoms with E-state index in [0.717, 1.165) is 84.7 Å². The molecule has 1 fully saturated rings. The van der Waals surface area contributed by atoms with Gasteiger partial charge in [-0.25, -0.2) is 9.97 Å². The summed E-state index contributed by atoms with van der Waals surface area (Å²) in [5.74, 6) is -0.128. The molecule has 3 aliphatic heterocycles. The van der Waals surface area contributed by atoms with Crippen molar-refractivity contribution >= 4 is 56.8 Å². The van der Waals surface area contributed by atoms with Gasteiger partial charge < -0.3 is 49.9 Å². The molecule has 5 atom stereocenters. The number of rotatable bonds is 13. The van der Waals surface area contributed by atoms with Gasteiger partial charge in [0.05, 0.1) is 49.2 Å². The number of aliphatic hydroxyl groups excluding tert-OH is 4. The molecule has 0 aromatic carbocycles. The van der Waals surface area contributed by atoms with Crippen molar-refractivity contribution in [3.63, 3.8) is 0 Å². The third-order valence-electron chi connectivity index (χ3n) is 10.8. The number of carbonyl (C=O) groups is 1. The molecule has 3 aliphatic rings. The second-order valence-corrected chi connectivity index (χ2v) is 14.4. The second kappa shape index (κ2) is 17.1. The fourth-order valence-electron chi connectivity index (χ4n) is 7.46. The van der Waals surface area contributed by atoms with Gasteiger partial charge in [0.15, 0.2) is 6.29 Å². The molecule has 3 aromatic heterocycles. The number of amides is 1. The largest absolute Gasteiger partial charge is 0.394 e. The zero-order chi connectivity index (χ0) is 39.6. The molecule has 7 N–H and O–H groups in total. The highest BCUT2D eigenvalue weighted by Crippen LogP contribution is 2.37. The monoisotopic (exact) mass is 755 g/mol. The SMILES string of the molecule is C=Cc1c(C)c2cc3nc(c(C)c4nc(cc5[nH]c(cc1[nH]2)c(C)c5CC)C(C)=C4)C(CCC(=O)NCCOCCO[C@@H]1O[C@H](CO)[C@@H](O)[C@H](O)[C@H]1O)=C3C. The minimum Gasteiger partial charge on any atom is -0.394 e. The maximum atomic E-state index is 13.1. The Labute approximate surface area is 320 Å². The van der Waals surface area contributed by atoms with Crippen LogP contribution in [0.4, 0.5) is 0 Å². The molecule has 0 spiro atoms. The van der Waals surface area contributed by atoms with E-state index in [1.54, 1.807) is 0 Å². The van der Waals surface area contributed by atoms with E-state index < -0.39 is 37.3 Å². The summed E-state index contributed by atoms with van der Waals surface area (Å²) in [4.78, 5) is 30.6. The summed E-state index contributed by atoms with van der Waals surface area (Å²) in [5.41, 5.74) is 15.9. The quantitative estimate of drug-likeness (QED) is 0.121. The van der Waals surface area contributed by atoms with Crippen LogP contribution >= 0.6 is 0 Å². The molecule has 294 valence electrons. The smallest absolute Gasteiger partial charge is 0.220 e. The average Bonchev–Trinajstić information content (AvgIpc) is 3.87. The van der Waals surface area contributed by atoms with Crippen molar-refractivity contribution in [2.75, 3.05) is 33.0 Å². The summed E-state index contributed by atoms with van der Waals surface area (Å²) < 4.78 is 16.3. The number of hydrogen-bond donors (Lipinski definition) is 7. The Morgan fingerprint density at radius 1 is 0.909 bits per heavy atom. The molecule has 1 amide bonds. The van der Waals surface area contributed by atoms with Gasteiger partial charge in [-0.1, -0.05) is 19.6 Å². The number of H-pyrrole nitrogens is 2. The maximum absolute atomic E-state index is 13.1. The molecular weight excluding hydrogens is 702 g/mol. The van der Waals surface area contributed by atoms with Crippen LogP contribution in [-0.4, -0.2) is 110 Å². The van der Waals surface area contributed by atoms with Crippen LogP contribution < -0.4 is 5.32 Å². The first kappa shape index (κ1) is 40.2. The summed E-state index contributed by atoms with van der Waals surface area (Å²) in [7, 11) is 0. The molecule has 13 nitrogen and oxygen atoms in total. The van der Waals surface area contributed by atoms with Crippen LogP contribution in [0.25, 0.3) is 50.9 Å². The zero-order valence-electron chi connectivity index (χ0n) is 32.5. The van der Waals surface area contributed by atoms with Crippen molar-refractivity contribution in [1.82, 2.24) is 25.3 Å². The molecule has 6 heterocycles. The Kier molecular flexibility index (Phi) is 12.5. The van der Waals surface area contributed by atoms with Crippen LogP contribution in [0.15, 0.2) is 24.8 Å². The lowest BCUT2D eigenvalue weighted by Crippen LogP contribution is -2.59. The van der Waals surface area contributed by atoms with Crippen LogP contribution in [0, 0.1) is 20.8 Å². The first-order chi connectivity index (χ1) is 26.4. The van der Waals surface area contributed by atoms with Crippen molar-refractivity contribution < 1.29 is 39.4 Å². The van der Waals surface area contributed by atoms with Gasteiger partial charge in [-0.3, -0.25) is 4.79 Å². The molecule has 0 unspecified atom stereocenters. The van der Waals surface area contributed by atoms with Gasteiger partial charge >= 0.3 is 0 Å². The van der Waals surface area contributed by atoms with Gasteiger partial charge in [-0.2, -0.15) is 0 Å². The van der Waals surface area contributed by atoms with E-state index >= 15 is 0 Å². The van der Waals surface area contributed by atoms with Gasteiger partial charge in [0.1, 0.15) is 24.4 Å². The van der Waals surface area contributed by atoms with Gasteiger partial charge in [0.2, 0.25) is 5.91 Å². The third kappa shape index (κ3) is 8.24. The normalized spacial score (nSPS) is 21.2. The number of aryl methyl sites for hydroxylation is 3. The predicted molar refractivity (Wildman–Crippen MR) is 213 cm³/mol. The average molecular weight is 756 g/mol. The molecular formula is C42H53N5O8. The number of nitrogens with zero attached hydrogens (tertiary/aromatic N) is 2. The van der Waals surface area contributed by atoms with Crippen molar-refractivity contribution in [2.45, 2.75) is 91.5 Å². The zero-order valence-corrected chi connectivity index (χ0v) is 32.5. The van der Waals surface area contributed by atoms with Crippen molar-refractivity contribution in [3.05, 3.63) is 75.4 Å². The van der Waals surface area contributed by atoms with Gasteiger partial charge in [-0.05, 0) is 105 Å². The molecule has 0 aliphatic carbocycles. The number of fused-ring (bicyclic) bond motifs is 8. The highest BCUT2D eigenvalue weighted by Gasteiger charge is 2.44. The van der Waals surface area contributed by atoms with E-state index in [-0.39, 0.29) is 38.7 Å².